The molecule has 2 rings (SSSR count). The highest BCUT2D eigenvalue weighted by Gasteiger charge is 2.09. The summed E-state index contributed by atoms with van der Waals surface area (Å²) in [6, 6.07) is 4.53. The fourth-order valence-electron chi connectivity index (χ4n) is 1.81. The zero-order valence-electron chi connectivity index (χ0n) is 9.59. The Bertz CT molecular complexity index is 370. The number of hydrogen-bond acceptors (Lipinski definition) is 3. The van der Waals surface area contributed by atoms with Crippen molar-refractivity contribution in [3.05, 3.63) is 29.0 Å². The second kappa shape index (κ2) is 6.19. The number of benzene rings is 1. The lowest BCUT2D eigenvalue weighted by molar-refractivity contribution is 0.0398. The normalized spacial score (nSPS) is 17.1. The lowest BCUT2D eigenvalue weighted by Gasteiger charge is -2.26. The second-order valence-corrected chi connectivity index (χ2v) is 4.44. The molecule has 1 aromatic rings. The molecule has 5 heteroatoms. The van der Waals surface area contributed by atoms with Gasteiger partial charge in [0.25, 0.3) is 0 Å². The lowest BCUT2D eigenvalue weighted by Crippen LogP contribution is -2.39. The van der Waals surface area contributed by atoms with E-state index in [2.05, 4.69) is 10.2 Å². The molecular weight excluding hydrogens is 243 g/mol. The van der Waals surface area contributed by atoms with Gasteiger partial charge in [0.2, 0.25) is 0 Å². The van der Waals surface area contributed by atoms with Crippen LogP contribution in [0.3, 0.4) is 0 Å². The third-order valence-corrected chi connectivity index (χ3v) is 3.01. The minimum absolute atomic E-state index is 0.267. The van der Waals surface area contributed by atoms with Gasteiger partial charge in [0.15, 0.2) is 0 Å². The summed E-state index contributed by atoms with van der Waals surface area (Å²) in [6.45, 7) is 5.04. The highest BCUT2D eigenvalue weighted by molar-refractivity contribution is 6.30. The highest BCUT2D eigenvalue weighted by atomic mass is 35.5. The van der Waals surface area contributed by atoms with Crippen LogP contribution in [0.25, 0.3) is 0 Å². The van der Waals surface area contributed by atoms with Gasteiger partial charge in [-0.15, -0.1) is 0 Å². The van der Waals surface area contributed by atoms with Gasteiger partial charge >= 0.3 is 0 Å². The van der Waals surface area contributed by atoms with E-state index in [9.17, 15) is 4.39 Å². The van der Waals surface area contributed by atoms with Crippen molar-refractivity contribution in [1.82, 2.24) is 4.90 Å². The molecule has 94 valence electrons. The first-order valence-electron chi connectivity index (χ1n) is 5.75. The van der Waals surface area contributed by atoms with Crippen LogP contribution in [0.1, 0.15) is 0 Å². The Labute approximate surface area is 106 Å². The standard InChI is InChI=1S/C12H16ClFN2O/c13-10-1-2-11(14)12(9-10)15-3-4-16-5-7-17-8-6-16/h1-2,9,15H,3-8H2. The molecule has 1 aromatic carbocycles. The van der Waals surface area contributed by atoms with Crippen molar-refractivity contribution in [2.24, 2.45) is 0 Å². The van der Waals surface area contributed by atoms with Crippen molar-refractivity contribution < 1.29 is 9.13 Å². The number of rotatable bonds is 4. The average Bonchev–Trinajstić information content (AvgIpc) is 2.35. The lowest BCUT2D eigenvalue weighted by atomic mass is 10.3. The summed E-state index contributed by atoms with van der Waals surface area (Å²) in [7, 11) is 0. The summed E-state index contributed by atoms with van der Waals surface area (Å²) >= 11 is 5.81. The van der Waals surface area contributed by atoms with Crippen LogP contribution >= 0.6 is 11.6 Å². The van der Waals surface area contributed by atoms with Crippen molar-refractivity contribution in [1.29, 1.82) is 0 Å². The topological polar surface area (TPSA) is 24.5 Å². The molecular formula is C12H16ClFN2O. The van der Waals surface area contributed by atoms with Gasteiger partial charge in [-0.2, -0.15) is 0 Å². The molecule has 0 spiro atoms. The van der Waals surface area contributed by atoms with Crippen molar-refractivity contribution in [2.75, 3.05) is 44.7 Å². The Balaban J connectivity index is 1.79. The summed E-state index contributed by atoms with van der Waals surface area (Å²) in [5.41, 5.74) is 0.464. The Morgan fingerprint density at radius 2 is 2.12 bits per heavy atom. The predicted octanol–water partition coefficient (Wildman–Crippen LogP) is 2.22. The Morgan fingerprint density at radius 1 is 1.35 bits per heavy atom. The van der Waals surface area contributed by atoms with E-state index < -0.39 is 0 Å². The molecule has 1 saturated heterocycles. The van der Waals surface area contributed by atoms with Gasteiger partial charge in [-0.3, -0.25) is 4.90 Å². The molecule has 0 bridgehead atoms. The summed E-state index contributed by atoms with van der Waals surface area (Å²) in [6.07, 6.45) is 0. The maximum atomic E-state index is 13.4. The van der Waals surface area contributed by atoms with E-state index in [1.807, 2.05) is 0 Å². The quantitative estimate of drug-likeness (QED) is 0.896. The SMILES string of the molecule is Fc1ccc(Cl)cc1NCCN1CCOCC1. The van der Waals surface area contributed by atoms with Gasteiger partial charge in [0, 0.05) is 31.2 Å². The van der Waals surface area contributed by atoms with Gasteiger partial charge in [0.1, 0.15) is 5.82 Å². The summed E-state index contributed by atoms with van der Waals surface area (Å²) in [4.78, 5) is 2.29. The fourth-order valence-corrected chi connectivity index (χ4v) is 1.98. The largest absolute Gasteiger partial charge is 0.381 e. The van der Waals surface area contributed by atoms with E-state index in [-0.39, 0.29) is 5.82 Å². The van der Waals surface area contributed by atoms with Crippen molar-refractivity contribution in [3.8, 4) is 0 Å². The number of anilines is 1. The van der Waals surface area contributed by atoms with Gasteiger partial charge in [-0.05, 0) is 18.2 Å². The van der Waals surface area contributed by atoms with Gasteiger partial charge in [-0.25, -0.2) is 4.39 Å². The minimum atomic E-state index is -0.267. The van der Waals surface area contributed by atoms with Crippen LogP contribution < -0.4 is 5.32 Å². The summed E-state index contributed by atoms with van der Waals surface area (Å²) in [5.74, 6) is -0.267. The number of ether oxygens (including phenoxy) is 1. The molecule has 1 fully saturated rings. The molecule has 0 atom stereocenters. The van der Waals surface area contributed by atoms with E-state index in [0.717, 1.165) is 32.8 Å². The zero-order valence-corrected chi connectivity index (χ0v) is 10.3. The van der Waals surface area contributed by atoms with E-state index in [4.69, 9.17) is 16.3 Å². The van der Waals surface area contributed by atoms with Gasteiger partial charge in [0.05, 0.1) is 18.9 Å². The first-order valence-corrected chi connectivity index (χ1v) is 6.12. The first-order chi connectivity index (χ1) is 8.25. The van der Waals surface area contributed by atoms with Crippen molar-refractivity contribution in [3.63, 3.8) is 0 Å². The Morgan fingerprint density at radius 3 is 2.88 bits per heavy atom. The van der Waals surface area contributed by atoms with Crippen molar-refractivity contribution >= 4 is 17.3 Å². The minimum Gasteiger partial charge on any atom is -0.381 e. The second-order valence-electron chi connectivity index (χ2n) is 4.00. The van der Waals surface area contributed by atoms with Crippen LogP contribution in [0.15, 0.2) is 18.2 Å². The molecule has 0 aromatic heterocycles. The Kier molecular flexibility index (Phi) is 4.59. The number of nitrogens with zero attached hydrogens (tertiary/aromatic N) is 1. The molecule has 1 aliphatic heterocycles. The predicted molar refractivity (Wildman–Crippen MR) is 67.2 cm³/mol. The van der Waals surface area contributed by atoms with Crippen LogP contribution in [0.5, 0.6) is 0 Å². The molecule has 0 radical (unpaired) electrons. The highest BCUT2D eigenvalue weighted by Crippen LogP contribution is 2.19. The molecule has 1 N–H and O–H groups in total. The molecule has 0 saturated carbocycles. The van der Waals surface area contributed by atoms with E-state index in [1.165, 1.54) is 6.07 Å². The third-order valence-electron chi connectivity index (χ3n) is 2.78. The zero-order chi connectivity index (χ0) is 12.1. The third kappa shape index (κ3) is 3.84. The number of morpholine rings is 1. The Hall–Kier alpha value is -0.840. The number of hydrogen-bond donors (Lipinski definition) is 1. The average molecular weight is 259 g/mol. The molecule has 1 aliphatic rings. The molecule has 0 aliphatic carbocycles. The molecule has 0 amide bonds. The fraction of sp³-hybridized carbons (Fsp3) is 0.500. The summed E-state index contributed by atoms with van der Waals surface area (Å²) in [5, 5.41) is 3.60. The number of nitrogens with one attached hydrogen (secondary N) is 1. The van der Waals surface area contributed by atoms with Crippen molar-refractivity contribution in [2.45, 2.75) is 0 Å². The van der Waals surface area contributed by atoms with Crippen LogP contribution in [0.4, 0.5) is 10.1 Å². The van der Waals surface area contributed by atoms with Gasteiger partial charge < -0.3 is 10.1 Å². The molecule has 0 unspecified atom stereocenters. The van der Waals surface area contributed by atoms with E-state index in [1.54, 1.807) is 12.1 Å². The molecule has 17 heavy (non-hydrogen) atoms. The van der Waals surface area contributed by atoms with E-state index in [0.29, 0.717) is 17.3 Å². The van der Waals surface area contributed by atoms with Gasteiger partial charge in [-0.1, -0.05) is 11.6 Å². The maximum absolute atomic E-state index is 13.4. The van der Waals surface area contributed by atoms with Crippen LogP contribution in [0.2, 0.25) is 5.02 Å². The number of halogens is 2. The first kappa shape index (κ1) is 12.6. The van der Waals surface area contributed by atoms with Crippen LogP contribution in [-0.2, 0) is 4.74 Å². The molecule has 3 nitrogen and oxygen atoms in total. The maximum Gasteiger partial charge on any atom is 0.146 e. The monoisotopic (exact) mass is 258 g/mol. The van der Waals surface area contributed by atoms with E-state index >= 15 is 0 Å². The smallest absolute Gasteiger partial charge is 0.146 e. The molecule has 1 heterocycles. The van der Waals surface area contributed by atoms with Crippen LogP contribution in [0, 0.1) is 5.82 Å². The van der Waals surface area contributed by atoms with Crippen LogP contribution in [-0.4, -0.2) is 44.3 Å². The summed E-state index contributed by atoms with van der Waals surface area (Å²) < 4.78 is 18.6.